The minimum atomic E-state index is 0.115. The number of unbranched alkanes of at least 4 members (excludes halogenated alkanes) is 1. The minimum Gasteiger partial charge on any atom is -0.379 e. The molecule has 0 aromatic heterocycles. The highest BCUT2D eigenvalue weighted by Crippen LogP contribution is 1.97. The summed E-state index contributed by atoms with van der Waals surface area (Å²) in [4.78, 5) is 11.2. The van der Waals surface area contributed by atoms with E-state index in [0.717, 1.165) is 19.3 Å². The molecular weight excluding hydrogens is 214 g/mol. The number of hydrogen-bond acceptors (Lipinski definition) is 2. The molecule has 0 spiro atoms. The van der Waals surface area contributed by atoms with Crippen LogP contribution in [0.3, 0.4) is 0 Å². The Morgan fingerprint density at radius 2 is 2.07 bits per heavy atom. The summed E-state index contributed by atoms with van der Waals surface area (Å²) in [5, 5.41) is 2.85. The molecular formula is C11H22ClNO2. The van der Waals surface area contributed by atoms with Gasteiger partial charge in [0.15, 0.2) is 0 Å². The lowest BCUT2D eigenvalue weighted by Crippen LogP contribution is -2.25. The molecule has 90 valence electrons. The minimum absolute atomic E-state index is 0.115. The smallest absolute Gasteiger partial charge is 0.219 e. The quantitative estimate of drug-likeness (QED) is 0.492. The van der Waals surface area contributed by atoms with Crippen LogP contribution in [-0.4, -0.2) is 31.0 Å². The normalized spacial score (nSPS) is 10.7. The molecule has 3 nitrogen and oxygen atoms in total. The first-order chi connectivity index (χ1) is 7.16. The first-order valence-corrected chi connectivity index (χ1v) is 6.14. The van der Waals surface area contributed by atoms with E-state index < -0.39 is 0 Å². The van der Waals surface area contributed by atoms with Crippen LogP contribution in [0.5, 0.6) is 0 Å². The zero-order valence-corrected chi connectivity index (χ0v) is 10.5. The Hall–Kier alpha value is -0.280. The topological polar surface area (TPSA) is 38.3 Å². The first-order valence-electron chi connectivity index (χ1n) is 5.61. The zero-order valence-electron chi connectivity index (χ0n) is 9.72. The first kappa shape index (κ1) is 14.7. The van der Waals surface area contributed by atoms with Crippen LogP contribution >= 0.6 is 11.6 Å². The zero-order chi connectivity index (χ0) is 11.5. The van der Waals surface area contributed by atoms with E-state index in [4.69, 9.17) is 16.3 Å². The number of ether oxygens (including phenoxy) is 1. The highest BCUT2D eigenvalue weighted by atomic mass is 35.5. The monoisotopic (exact) mass is 235 g/mol. The van der Waals surface area contributed by atoms with Crippen LogP contribution in [0.25, 0.3) is 0 Å². The van der Waals surface area contributed by atoms with Gasteiger partial charge in [-0.2, -0.15) is 0 Å². The lowest BCUT2D eigenvalue weighted by Gasteiger charge is -2.08. The number of nitrogens with one attached hydrogen (secondary N) is 1. The molecule has 0 heterocycles. The third kappa shape index (κ3) is 11.6. The molecule has 15 heavy (non-hydrogen) atoms. The average Bonchev–Trinajstić information content (AvgIpc) is 2.17. The Morgan fingerprint density at radius 1 is 1.33 bits per heavy atom. The summed E-state index contributed by atoms with van der Waals surface area (Å²) in [5.41, 5.74) is 0. The maximum absolute atomic E-state index is 11.2. The highest BCUT2D eigenvalue weighted by molar-refractivity contribution is 6.17. The van der Waals surface area contributed by atoms with E-state index in [0.29, 0.717) is 25.5 Å². The van der Waals surface area contributed by atoms with Crippen LogP contribution in [0, 0.1) is 0 Å². The van der Waals surface area contributed by atoms with Crippen molar-refractivity contribution < 1.29 is 9.53 Å². The molecule has 1 amide bonds. The molecule has 0 aliphatic rings. The number of rotatable bonds is 9. The van der Waals surface area contributed by atoms with Crippen LogP contribution in [0.1, 0.15) is 39.5 Å². The summed E-state index contributed by atoms with van der Waals surface area (Å²) in [6, 6.07) is 0. The van der Waals surface area contributed by atoms with Crippen molar-refractivity contribution in [3.63, 3.8) is 0 Å². The van der Waals surface area contributed by atoms with Crippen LogP contribution in [0.4, 0.5) is 0 Å². The molecule has 0 saturated heterocycles. The maximum atomic E-state index is 11.2. The van der Waals surface area contributed by atoms with Gasteiger partial charge in [0, 0.05) is 25.5 Å². The Balaban J connectivity index is 3.17. The van der Waals surface area contributed by atoms with E-state index in [2.05, 4.69) is 5.32 Å². The van der Waals surface area contributed by atoms with Crippen LogP contribution in [-0.2, 0) is 9.53 Å². The molecule has 0 aromatic rings. The molecule has 0 aliphatic carbocycles. The van der Waals surface area contributed by atoms with Gasteiger partial charge >= 0.3 is 0 Å². The summed E-state index contributed by atoms with van der Waals surface area (Å²) in [5.74, 6) is 0.750. The Kier molecular flexibility index (Phi) is 10.1. The van der Waals surface area contributed by atoms with Crippen LogP contribution in [0.2, 0.25) is 0 Å². The predicted octanol–water partition coefficient (Wildman–Crippen LogP) is 2.33. The molecule has 4 heteroatoms. The van der Waals surface area contributed by atoms with E-state index in [-0.39, 0.29) is 12.0 Å². The summed E-state index contributed by atoms with van der Waals surface area (Å²) in [6.45, 7) is 5.42. The van der Waals surface area contributed by atoms with Gasteiger partial charge in [0.2, 0.25) is 5.91 Å². The molecule has 0 fully saturated rings. The van der Waals surface area contributed by atoms with Gasteiger partial charge in [0.05, 0.1) is 6.10 Å². The lowest BCUT2D eigenvalue weighted by atomic mass is 10.2. The summed E-state index contributed by atoms with van der Waals surface area (Å²) in [6.07, 6.45) is 3.50. The van der Waals surface area contributed by atoms with Crippen molar-refractivity contribution >= 4 is 17.5 Å². The number of alkyl halides is 1. The fourth-order valence-electron chi connectivity index (χ4n) is 1.09. The second kappa shape index (κ2) is 10.2. The molecule has 0 bridgehead atoms. The SMILES string of the molecule is CC(C)OCCCNC(=O)CCCCCl. The van der Waals surface area contributed by atoms with Crippen molar-refractivity contribution in [2.24, 2.45) is 0 Å². The van der Waals surface area contributed by atoms with E-state index >= 15 is 0 Å². The number of halogens is 1. The van der Waals surface area contributed by atoms with Gasteiger partial charge in [0.25, 0.3) is 0 Å². The molecule has 0 aliphatic heterocycles. The standard InChI is InChI=1S/C11H22ClNO2/c1-10(2)15-9-5-8-13-11(14)6-3-4-7-12/h10H,3-9H2,1-2H3,(H,13,14). The number of amides is 1. The molecule has 0 saturated carbocycles. The van der Waals surface area contributed by atoms with Gasteiger partial charge in [-0.25, -0.2) is 0 Å². The molecule has 0 unspecified atom stereocenters. The number of carbonyl (C=O) groups excluding carboxylic acids is 1. The number of carbonyl (C=O) groups is 1. The molecule has 1 N–H and O–H groups in total. The van der Waals surface area contributed by atoms with Gasteiger partial charge in [-0.3, -0.25) is 4.79 Å². The second-order valence-electron chi connectivity index (χ2n) is 3.77. The number of hydrogen-bond donors (Lipinski definition) is 1. The second-order valence-corrected chi connectivity index (χ2v) is 4.15. The third-order valence-corrected chi connectivity index (χ3v) is 2.15. The summed E-state index contributed by atoms with van der Waals surface area (Å²) >= 11 is 5.51. The molecule has 0 atom stereocenters. The van der Waals surface area contributed by atoms with E-state index in [1.807, 2.05) is 13.8 Å². The van der Waals surface area contributed by atoms with Crippen molar-refractivity contribution in [1.29, 1.82) is 0 Å². The summed E-state index contributed by atoms with van der Waals surface area (Å²) < 4.78 is 5.35. The summed E-state index contributed by atoms with van der Waals surface area (Å²) in [7, 11) is 0. The van der Waals surface area contributed by atoms with E-state index in [1.54, 1.807) is 0 Å². The van der Waals surface area contributed by atoms with Crippen molar-refractivity contribution in [2.75, 3.05) is 19.0 Å². The largest absolute Gasteiger partial charge is 0.379 e. The van der Waals surface area contributed by atoms with Crippen LogP contribution in [0.15, 0.2) is 0 Å². The Bertz CT molecular complexity index is 163. The lowest BCUT2D eigenvalue weighted by molar-refractivity contribution is -0.121. The average molecular weight is 236 g/mol. The van der Waals surface area contributed by atoms with Crippen molar-refractivity contribution in [3.8, 4) is 0 Å². The highest BCUT2D eigenvalue weighted by Gasteiger charge is 1.99. The van der Waals surface area contributed by atoms with Crippen molar-refractivity contribution in [3.05, 3.63) is 0 Å². The van der Waals surface area contributed by atoms with Crippen LogP contribution < -0.4 is 5.32 Å². The Labute approximate surface area is 97.5 Å². The molecule has 0 rings (SSSR count). The molecule has 0 aromatic carbocycles. The predicted molar refractivity (Wildman–Crippen MR) is 63.3 cm³/mol. The van der Waals surface area contributed by atoms with Gasteiger partial charge in [0.1, 0.15) is 0 Å². The van der Waals surface area contributed by atoms with Gasteiger partial charge in [-0.1, -0.05) is 0 Å². The fraction of sp³-hybridized carbons (Fsp3) is 0.909. The molecule has 0 radical (unpaired) electrons. The third-order valence-electron chi connectivity index (χ3n) is 1.88. The Morgan fingerprint density at radius 3 is 2.67 bits per heavy atom. The van der Waals surface area contributed by atoms with Crippen molar-refractivity contribution in [1.82, 2.24) is 5.32 Å². The van der Waals surface area contributed by atoms with Gasteiger partial charge < -0.3 is 10.1 Å². The van der Waals surface area contributed by atoms with Crippen molar-refractivity contribution in [2.45, 2.75) is 45.6 Å². The van der Waals surface area contributed by atoms with E-state index in [1.165, 1.54) is 0 Å². The van der Waals surface area contributed by atoms with Gasteiger partial charge in [-0.05, 0) is 33.1 Å². The van der Waals surface area contributed by atoms with Gasteiger partial charge in [-0.15, -0.1) is 11.6 Å². The fourth-order valence-corrected chi connectivity index (χ4v) is 1.28. The maximum Gasteiger partial charge on any atom is 0.219 e. The van der Waals surface area contributed by atoms with E-state index in [9.17, 15) is 4.79 Å².